The van der Waals surface area contributed by atoms with E-state index in [4.69, 9.17) is 4.98 Å². The fourth-order valence-corrected chi connectivity index (χ4v) is 5.04. The van der Waals surface area contributed by atoms with Crippen molar-refractivity contribution in [1.82, 2.24) is 19.8 Å². The standard InChI is InChI=1S/C26H30N4O2/c1-18-8-10-20(11-9-18)25(31)30-14-4-5-21(17-30)26(32)29-15-12-19(13-16-29)24-27-22-6-2-3-7-23(22)28-24/h2-3,6-11,19,21H,4-5,12-17H2,1H3,(H,27,28)/t21-/m0/s1. The number of piperidine rings is 2. The van der Waals surface area contributed by atoms with E-state index < -0.39 is 0 Å². The number of nitrogens with zero attached hydrogens (tertiary/aromatic N) is 3. The molecule has 0 spiro atoms. The third-order valence-electron chi connectivity index (χ3n) is 6.96. The molecule has 0 radical (unpaired) electrons. The van der Waals surface area contributed by atoms with Crippen LogP contribution in [0.4, 0.5) is 0 Å². The van der Waals surface area contributed by atoms with Crippen molar-refractivity contribution < 1.29 is 9.59 Å². The Kier molecular flexibility index (Phi) is 5.68. The second-order valence-electron chi connectivity index (χ2n) is 9.20. The quantitative estimate of drug-likeness (QED) is 0.679. The van der Waals surface area contributed by atoms with E-state index >= 15 is 0 Å². The van der Waals surface area contributed by atoms with E-state index in [1.165, 1.54) is 0 Å². The minimum absolute atomic E-state index is 0.0334. The molecule has 2 aliphatic rings. The van der Waals surface area contributed by atoms with Crippen molar-refractivity contribution >= 4 is 22.8 Å². The van der Waals surface area contributed by atoms with Gasteiger partial charge in [0, 0.05) is 37.7 Å². The summed E-state index contributed by atoms with van der Waals surface area (Å²) in [6.45, 7) is 4.77. The molecule has 0 aliphatic carbocycles. The van der Waals surface area contributed by atoms with Gasteiger partial charge in [0.2, 0.25) is 5.91 Å². The molecule has 0 unspecified atom stereocenters. The lowest BCUT2D eigenvalue weighted by atomic mass is 9.92. The number of aryl methyl sites for hydroxylation is 1. The lowest BCUT2D eigenvalue weighted by Crippen LogP contribution is -2.48. The number of aromatic amines is 1. The first-order chi connectivity index (χ1) is 15.6. The van der Waals surface area contributed by atoms with Crippen LogP contribution < -0.4 is 0 Å². The van der Waals surface area contributed by atoms with E-state index in [0.717, 1.165) is 67.7 Å². The minimum atomic E-state index is -0.0964. The summed E-state index contributed by atoms with van der Waals surface area (Å²) in [5.74, 6) is 1.53. The van der Waals surface area contributed by atoms with Crippen LogP contribution >= 0.6 is 0 Å². The third-order valence-corrected chi connectivity index (χ3v) is 6.96. The number of para-hydroxylation sites is 2. The largest absolute Gasteiger partial charge is 0.342 e. The molecule has 1 atom stereocenters. The lowest BCUT2D eigenvalue weighted by molar-refractivity contribution is -0.138. The zero-order valence-corrected chi connectivity index (χ0v) is 18.6. The number of rotatable bonds is 3. The van der Waals surface area contributed by atoms with Crippen molar-refractivity contribution in [3.8, 4) is 0 Å². The van der Waals surface area contributed by atoms with Gasteiger partial charge in [-0.3, -0.25) is 9.59 Å². The molecule has 2 saturated heterocycles. The smallest absolute Gasteiger partial charge is 0.253 e. The van der Waals surface area contributed by atoms with Crippen molar-refractivity contribution in [2.45, 2.75) is 38.5 Å². The van der Waals surface area contributed by atoms with Crippen molar-refractivity contribution in [1.29, 1.82) is 0 Å². The van der Waals surface area contributed by atoms with Crippen LogP contribution in [-0.2, 0) is 4.79 Å². The molecule has 3 aromatic rings. The third kappa shape index (κ3) is 4.14. The molecule has 1 N–H and O–H groups in total. The van der Waals surface area contributed by atoms with Gasteiger partial charge in [0.1, 0.15) is 5.82 Å². The number of aromatic nitrogens is 2. The Bertz CT molecular complexity index is 1080. The highest BCUT2D eigenvalue weighted by Crippen LogP contribution is 2.29. The highest BCUT2D eigenvalue weighted by Gasteiger charge is 2.33. The summed E-state index contributed by atoms with van der Waals surface area (Å²) < 4.78 is 0. The van der Waals surface area contributed by atoms with Gasteiger partial charge in [-0.1, -0.05) is 29.8 Å². The zero-order chi connectivity index (χ0) is 22.1. The van der Waals surface area contributed by atoms with Gasteiger partial charge >= 0.3 is 0 Å². The Morgan fingerprint density at radius 1 is 0.938 bits per heavy atom. The van der Waals surface area contributed by atoms with Gasteiger partial charge in [-0.05, 0) is 56.9 Å². The van der Waals surface area contributed by atoms with Crippen molar-refractivity contribution in [3.05, 3.63) is 65.5 Å². The monoisotopic (exact) mass is 430 g/mol. The van der Waals surface area contributed by atoms with E-state index in [0.29, 0.717) is 18.0 Å². The number of hydrogen-bond acceptors (Lipinski definition) is 3. The second-order valence-corrected chi connectivity index (χ2v) is 9.20. The van der Waals surface area contributed by atoms with E-state index in [9.17, 15) is 9.59 Å². The summed E-state index contributed by atoms with van der Waals surface area (Å²) in [7, 11) is 0. The number of fused-ring (bicyclic) bond motifs is 1. The fourth-order valence-electron chi connectivity index (χ4n) is 5.04. The molecule has 2 aliphatic heterocycles. The predicted molar refractivity (Wildman–Crippen MR) is 124 cm³/mol. The number of benzene rings is 2. The minimum Gasteiger partial charge on any atom is -0.342 e. The first-order valence-electron chi connectivity index (χ1n) is 11.7. The van der Waals surface area contributed by atoms with Crippen molar-refractivity contribution in [2.75, 3.05) is 26.2 Å². The Labute approximate surface area is 188 Å². The molecule has 166 valence electrons. The highest BCUT2D eigenvalue weighted by molar-refractivity contribution is 5.94. The number of nitrogens with one attached hydrogen (secondary N) is 1. The van der Waals surface area contributed by atoms with E-state index in [1.54, 1.807) is 0 Å². The van der Waals surface area contributed by atoms with Gasteiger partial charge in [0.15, 0.2) is 0 Å². The first-order valence-corrected chi connectivity index (χ1v) is 11.7. The van der Waals surface area contributed by atoms with Crippen LogP contribution in [0.5, 0.6) is 0 Å². The Morgan fingerprint density at radius 2 is 1.69 bits per heavy atom. The SMILES string of the molecule is Cc1ccc(C(=O)N2CCC[C@H](C(=O)N3CCC(c4nc5ccccc5[nH]4)CC3)C2)cc1. The maximum Gasteiger partial charge on any atom is 0.253 e. The number of H-pyrrole nitrogens is 1. The summed E-state index contributed by atoms with van der Waals surface area (Å²) in [5.41, 5.74) is 3.91. The molecule has 2 aromatic carbocycles. The van der Waals surface area contributed by atoms with Crippen molar-refractivity contribution in [2.24, 2.45) is 5.92 Å². The molecule has 6 nitrogen and oxygen atoms in total. The van der Waals surface area contributed by atoms with Crippen LogP contribution in [0.25, 0.3) is 11.0 Å². The van der Waals surface area contributed by atoms with Crippen LogP contribution in [0.15, 0.2) is 48.5 Å². The summed E-state index contributed by atoms with van der Waals surface area (Å²) in [6.07, 6.45) is 3.58. The number of imidazole rings is 1. The van der Waals surface area contributed by atoms with Crippen LogP contribution in [0.1, 0.15) is 53.3 Å². The molecule has 0 saturated carbocycles. The van der Waals surface area contributed by atoms with Gasteiger partial charge < -0.3 is 14.8 Å². The molecular weight excluding hydrogens is 400 g/mol. The summed E-state index contributed by atoms with van der Waals surface area (Å²) in [4.78, 5) is 38.2. The number of likely N-dealkylation sites (tertiary alicyclic amines) is 2. The molecule has 6 heteroatoms. The van der Waals surface area contributed by atoms with Gasteiger partial charge in [0.25, 0.3) is 5.91 Å². The number of carbonyl (C=O) groups excluding carboxylic acids is 2. The van der Waals surface area contributed by atoms with Crippen LogP contribution in [0, 0.1) is 12.8 Å². The average molecular weight is 431 g/mol. The highest BCUT2D eigenvalue weighted by atomic mass is 16.2. The lowest BCUT2D eigenvalue weighted by Gasteiger charge is -2.37. The second kappa shape index (κ2) is 8.77. The predicted octanol–water partition coefficient (Wildman–Crippen LogP) is 4.13. The molecule has 3 heterocycles. The van der Waals surface area contributed by atoms with Gasteiger partial charge in [0.05, 0.1) is 17.0 Å². The van der Waals surface area contributed by atoms with Crippen LogP contribution in [0.2, 0.25) is 0 Å². The molecule has 1 aromatic heterocycles. The molecule has 5 rings (SSSR count). The van der Waals surface area contributed by atoms with Gasteiger partial charge in [-0.25, -0.2) is 4.98 Å². The van der Waals surface area contributed by atoms with Crippen LogP contribution in [0.3, 0.4) is 0 Å². The zero-order valence-electron chi connectivity index (χ0n) is 18.6. The Balaban J connectivity index is 1.19. The maximum atomic E-state index is 13.3. The first kappa shape index (κ1) is 20.7. The average Bonchev–Trinajstić information content (AvgIpc) is 3.28. The van der Waals surface area contributed by atoms with Gasteiger partial charge in [-0.2, -0.15) is 0 Å². The number of amides is 2. The number of hydrogen-bond donors (Lipinski definition) is 1. The molecule has 2 fully saturated rings. The summed E-state index contributed by atoms with van der Waals surface area (Å²) >= 11 is 0. The summed E-state index contributed by atoms with van der Waals surface area (Å²) in [5, 5.41) is 0. The summed E-state index contributed by atoms with van der Waals surface area (Å²) in [6, 6.07) is 15.8. The molecular formula is C26H30N4O2. The molecule has 2 amide bonds. The maximum absolute atomic E-state index is 13.3. The molecule has 0 bridgehead atoms. The topological polar surface area (TPSA) is 69.3 Å². The van der Waals surface area contributed by atoms with Crippen molar-refractivity contribution in [3.63, 3.8) is 0 Å². The Morgan fingerprint density at radius 3 is 2.44 bits per heavy atom. The van der Waals surface area contributed by atoms with Gasteiger partial charge in [-0.15, -0.1) is 0 Å². The number of carbonyl (C=O) groups is 2. The van der Waals surface area contributed by atoms with Crippen LogP contribution in [-0.4, -0.2) is 57.8 Å². The van der Waals surface area contributed by atoms with E-state index in [-0.39, 0.29) is 17.7 Å². The fraction of sp³-hybridized carbons (Fsp3) is 0.423. The van der Waals surface area contributed by atoms with E-state index in [1.807, 2.05) is 59.2 Å². The van der Waals surface area contributed by atoms with E-state index in [2.05, 4.69) is 11.1 Å². The normalized spacial score (nSPS) is 20.0. The molecule has 32 heavy (non-hydrogen) atoms. The Hall–Kier alpha value is -3.15.